The number of likely N-dealkylation sites (tertiary alicyclic amines) is 1. The van der Waals surface area contributed by atoms with E-state index in [2.05, 4.69) is 71.0 Å². The Balaban J connectivity index is 1.90. The second-order valence-electron chi connectivity index (χ2n) is 6.57. The molecule has 0 N–H and O–H groups in total. The lowest BCUT2D eigenvalue weighted by Crippen LogP contribution is -2.28. The minimum atomic E-state index is 0.355. The maximum Gasteiger partial charge on any atom is 0.119 e. The van der Waals surface area contributed by atoms with Crippen LogP contribution in [-0.4, -0.2) is 29.7 Å². The first-order valence-corrected chi connectivity index (χ1v) is 8.76. The summed E-state index contributed by atoms with van der Waals surface area (Å²) in [6.45, 7) is 4.69. The van der Waals surface area contributed by atoms with E-state index in [0.29, 0.717) is 6.17 Å². The second kappa shape index (κ2) is 6.33. The van der Waals surface area contributed by atoms with Gasteiger partial charge in [-0.2, -0.15) is 0 Å². The lowest BCUT2D eigenvalue weighted by atomic mass is 10.1. The average Bonchev–Trinajstić information content (AvgIpc) is 3.29. The van der Waals surface area contributed by atoms with Crippen molar-refractivity contribution in [1.82, 2.24) is 9.47 Å². The Hall–Kier alpha value is -2.26. The lowest BCUT2D eigenvalue weighted by molar-refractivity contribution is 0.200. The normalized spacial score (nSPS) is 16.6. The molecule has 24 heavy (non-hydrogen) atoms. The number of aromatic nitrogens is 1. The van der Waals surface area contributed by atoms with Crippen LogP contribution in [0, 0.1) is 0 Å². The summed E-state index contributed by atoms with van der Waals surface area (Å²) in [7, 11) is 1.73. The van der Waals surface area contributed by atoms with E-state index >= 15 is 0 Å². The number of ether oxygens (including phenoxy) is 1. The molecule has 2 aromatic carbocycles. The van der Waals surface area contributed by atoms with Gasteiger partial charge in [0.15, 0.2) is 0 Å². The molecule has 0 spiro atoms. The Bertz CT molecular complexity index is 832. The molecule has 0 amide bonds. The van der Waals surface area contributed by atoms with Crippen LogP contribution in [0.3, 0.4) is 0 Å². The van der Waals surface area contributed by atoms with E-state index in [9.17, 15) is 0 Å². The minimum Gasteiger partial charge on any atom is -0.497 e. The lowest BCUT2D eigenvalue weighted by Gasteiger charge is -2.28. The Morgan fingerprint density at radius 3 is 2.42 bits per heavy atom. The maximum absolute atomic E-state index is 5.42. The van der Waals surface area contributed by atoms with Crippen LogP contribution in [0.5, 0.6) is 5.75 Å². The molecule has 1 atom stereocenters. The molecule has 1 fully saturated rings. The fourth-order valence-corrected chi connectivity index (χ4v) is 3.85. The van der Waals surface area contributed by atoms with Crippen molar-refractivity contribution >= 4 is 10.9 Å². The molecule has 3 aromatic rings. The predicted molar refractivity (Wildman–Crippen MR) is 99.4 cm³/mol. The highest BCUT2D eigenvalue weighted by atomic mass is 16.5. The molecule has 1 saturated heterocycles. The molecule has 124 valence electrons. The zero-order chi connectivity index (χ0) is 16.5. The molecule has 0 saturated carbocycles. The number of hydrogen-bond acceptors (Lipinski definition) is 2. The monoisotopic (exact) mass is 320 g/mol. The van der Waals surface area contributed by atoms with Gasteiger partial charge in [0, 0.05) is 18.5 Å². The quantitative estimate of drug-likeness (QED) is 0.678. The van der Waals surface area contributed by atoms with Crippen LogP contribution in [0.25, 0.3) is 22.2 Å². The van der Waals surface area contributed by atoms with Crippen LogP contribution in [0.15, 0.2) is 54.6 Å². The smallest absolute Gasteiger partial charge is 0.119 e. The van der Waals surface area contributed by atoms with E-state index in [1.54, 1.807) is 7.11 Å². The predicted octanol–water partition coefficient (Wildman–Crippen LogP) is 4.93. The van der Waals surface area contributed by atoms with Gasteiger partial charge < -0.3 is 9.30 Å². The number of benzene rings is 2. The van der Waals surface area contributed by atoms with Gasteiger partial charge in [0.2, 0.25) is 0 Å². The molecule has 3 heteroatoms. The Labute approximate surface area is 143 Å². The highest BCUT2D eigenvalue weighted by Crippen LogP contribution is 2.35. The molecule has 2 heterocycles. The topological polar surface area (TPSA) is 17.4 Å². The van der Waals surface area contributed by atoms with Crippen molar-refractivity contribution < 1.29 is 4.74 Å². The fourth-order valence-electron chi connectivity index (χ4n) is 3.85. The molecular formula is C21H24N2O. The summed E-state index contributed by atoms with van der Waals surface area (Å²) in [4.78, 5) is 2.58. The van der Waals surface area contributed by atoms with Gasteiger partial charge in [0.25, 0.3) is 0 Å². The van der Waals surface area contributed by atoms with Crippen molar-refractivity contribution in [1.29, 1.82) is 0 Å². The van der Waals surface area contributed by atoms with Crippen LogP contribution in [0.4, 0.5) is 0 Å². The molecule has 0 aliphatic carbocycles. The summed E-state index contributed by atoms with van der Waals surface area (Å²) in [6, 6.07) is 19.4. The van der Waals surface area contributed by atoms with Crippen molar-refractivity contribution in [2.45, 2.75) is 25.9 Å². The van der Waals surface area contributed by atoms with E-state index in [4.69, 9.17) is 4.74 Å². The molecule has 1 aliphatic heterocycles. The third kappa shape index (κ3) is 2.59. The number of hydrogen-bond donors (Lipinski definition) is 0. The molecule has 3 nitrogen and oxygen atoms in total. The Morgan fingerprint density at radius 1 is 0.958 bits per heavy atom. The average molecular weight is 320 g/mol. The van der Waals surface area contributed by atoms with Gasteiger partial charge in [0.1, 0.15) is 5.75 Å². The third-order valence-corrected chi connectivity index (χ3v) is 5.16. The van der Waals surface area contributed by atoms with Crippen molar-refractivity contribution in [2.24, 2.45) is 0 Å². The van der Waals surface area contributed by atoms with Crippen LogP contribution < -0.4 is 4.74 Å². The van der Waals surface area contributed by atoms with Crippen LogP contribution in [-0.2, 0) is 0 Å². The van der Waals surface area contributed by atoms with Gasteiger partial charge in [-0.15, -0.1) is 0 Å². The van der Waals surface area contributed by atoms with E-state index in [1.807, 2.05) is 0 Å². The largest absolute Gasteiger partial charge is 0.497 e. The van der Waals surface area contributed by atoms with Crippen molar-refractivity contribution in [2.75, 3.05) is 20.2 Å². The number of nitrogens with zero attached hydrogens (tertiary/aromatic N) is 2. The van der Waals surface area contributed by atoms with Crippen molar-refractivity contribution in [3.8, 4) is 17.0 Å². The zero-order valence-electron chi connectivity index (χ0n) is 14.4. The number of fused-ring (bicyclic) bond motifs is 1. The fraction of sp³-hybridized carbons (Fsp3) is 0.333. The maximum atomic E-state index is 5.42. The zero-order valence-corrected chi connectivity index (χ0v) is 14.4. The van der Waals surface area contributed by atoms with E-state index in [1.165, 1.54) is 48.1 Å². The van der Waals surface area contributed by atoms with E-state index in [0.717, 1.165) is 5.75 Å². The summed E-state index contributed by atoms with van der Waals surface area (Å²) in [5.74, 6) is 0.910. The van der Waals surface area contributed by atoms with Gasteiger partial charge in [-0.1, -0.05) is 30.3 Å². The SMILES string of the molecule is COc1ccc2c(c1)cc(-c1ccccc1)n2C(C)N1CCCC1. The summed E-state index contributed by atoms with van der Waals surface area (Å²) in [5, 5.41) is 1.24. The van der Waals surface area contributed by atoms with Gasteiger partial charge >= 0.3 is 0 Å². The van der Waals surface area contributed by atoms with E-state index < -0.39 is 0 Å². The van der Waals surface area contributed by atoms with Crippen LogP contribution in [0.1, 0.15) is 25.9 Å². The van der Waals surface area contributed by atoms with Gasteiger partial charge in [-0.25, -0.2) is 0 Å². The van der Waals surface area contributed by atoms with E-state index in [-0.39, 0.29) is 0 Å². The first-order valence-electron chi connectivity index (χ1n) is 8.76. The highest BCUT2D eigenvalue weighted by molar-refractivity contribution is 5.88. The van der Waals surface area contributed by atoms with Crippen LogP contribution >= 0.6 is 0 Å². The van der Waals surface area contributed by atoms with Crippen LogP contribution in [0.2, 0.25) is 0 Å². The van der Waals surface area contributed by atoms with Crippen molar-refractivity contribution in [3.05, 3.63) is 54.6 Å². The Kier molecular flexibility index (Phi) is 4.03. The highest BCUT2D eigenvalue weighted by Gasteiger charge is 2.23. The first kappa shape index (κ1) is 15.3. The standard InChI is InChI=1S/C21H24N2O/c1-16(22-12-6-7-13-22)23-20-11-10-19(24-2)14-18(20)15-21(23)17-8-4-3-5-9-17/h3-5,8-11,14-16H,6-7,12-13H2,1-2H3. The summed E-state index contributed by atoms with van der Waals surface area (Å²) in [5.41, 5.74) is 3.81. The molecule has 4 rings (SSSR count). The molecule has 1 aliphatic rings. The summed E-state index contributed by atoms with van der Waals surface area (Å²) in [6.07, 6.45) is 2.96. The molecule has 1 unspecified atom stereocenters. The number of rotatable bonds is 4. The molecule has 0 bridgehead atoms. The second-order valence-corrected chi connectivity index (χ2v) is 6.57. The molecule has 1 aromatic heterocycles. The Morgan fingerprint density at radius 2 is 1.71 bits per heavy atom. The third-order valence-electron chi connectivity index (χ3n) is 5.16. The van der Waals surface area contributed by atoms with Gasteiger partial charge in [-0.05, 0) is 49.6 Å². The minimum absolute atomic E-state index is 0.355. The van der Waals surface area contributed by atoms with Crippen molar-refractivity contribution in [3.63, 3.8) is 0 Å². The number of methoxy groups -OCH3 is 1. The van der Waals surface area contributed by atoms with Gasteiger partial charge in [0.05, 0.1) is 24.5 Å². The van der Waals surface area contributed by atoms with Gasteiger partial charge in [-0.3, -0.25) is 4.90 Å². The first-order chi connectivity index (χ1) is 11.8. The summed E-state index contributed by atoms with van der Waals surface area (Å²) >= 11 is 0. The summed E-state index contributed by atoms with van der Waals surface area (Å²) < 4.78 is 7.90. The molecule has 0 radical (unpaired) electrons. The molecular weight excluding hydrogens is 296 g/mol.